The SMILES string of the molecule is CN(CCC(=O)O)C(=O)CC(NC(=O)c1ccccc1Cl)c1ccccc1. The lowest BCUT2D eigenvalue weighted by atomic mass is 10.0. The van der Waals surface area contributed by atoms with Crippen molar-refractivity contribution in [2.45, 2.75) is 18.9 Å². The van der Waals surface area contributed by atoms with E-state index < -0.39 is 12.0 Å². The molecule has 27 heavy (non-hydrogen) atoms. The lowest BCUT2D eigenvalue weighted by Gasteiger charge is -2.23. The fourth-order valence-corrected chi connectivity index (χ4v) is 2.76. The van der Waals surface area contributed by atoms with E-state index in [0.717, 1.165) is 5.56 Å². The third-order valence-corrected chi connectivity index (χ3v) is 4.42. The maximum absolute atomic E-state index is 12.6. The molecule has 0 aliphatic heterocycles. The molecule has 7 heteroatoms. The minimum atomic E-state index is -0.971. The largest absolute Gasteiger partial charge is 0.481 e. The molecule has 6 nitrogen and oxygen atoms in total. The van der Waals surface area contributed by atoms with Crippen molar-refractivity contribution in [3.05, 3.63) is 70.7 Å². The summed E-state index contributed by atoms with van der Waals surface area (Å²) in [6, 6.07) is 15.2. The zero-order valence-corrected chi connectivity index (χ0v) is 15.6. The van der Waals surface area contributed by atoms with Gasteiger partial charge in [0.15, 0.2) is 0 Å². The van der Waals surface area contributed by atoms with Gasteiger partial charge >= 0.3 is 5.97 Å². The van der Waals surface area contributed by atoms with Crippen LogP contribution in [0.15, 0.2) is 54.6 Å². The van der Waals surface area contributed by atoms with Crippen LogP contribution >= 0.6 is 11.6 Å². The van der Waals surface area contributed by atoms with Gasteiger partial charge in [-0.25, -0.2) is 0 Å². The Kier molecular flexibility index (Phi) is 7.37. The van der Waals surface area contributed by atoms with E-state index in [1.165, 1.54) is 4.90 Å². The van der Waals surface area contributed by atoms with Crippen molar-refractivity contribution in [1.82, 2.24) is 10.2 Å². The van der Waals surface area contributed by atoms with Gasteiger partial charge in [-0.15, -0.1) is 0 Å². The maximum atomic E-state index is 12.6. The Hall–Kier alpha value is -2.86. The van der Waals surface area contributed by atoms with Crippen molar-refractivity contribution in [1.29, 1.82) is 0 Å². The summed E-state index contributed by atoms with van der Waals surface area (Å²) in [6.45, 7) is 0.105. The Morgan fingerprint density at radius 2 is 1.70 bits per heavy atom. The molecular weight excluding hydrogens is 368 g/mol. The summed E-state index contributed by atoms with van der Waals surface area (Å²) in [7, 11) is 1.54. The molecule has 0 saturated heterocycles. The van der Waals surface area contributed by atoms with Gasteiger partial charge in [-0.3, -0.25) is 14.4 Å². The van der Waals surface area contributed by atoms with Gasteiger partial charge in [0.1, 0.15) is 0 Å². The van der Waals surface area contributed by atoms with Crippen LogP contribution in [0.25, 0.3) is 0 Å². The normalized spacial score (nSPS) is 11.5. The number of carbonyl (C=O) groups is 3. The van der Waals surface area contributed by atoms with Gasteiger partial charge in [-0.2, -0.15) is 0 Å². The Labute approximate surface area is 162 Å². The first-order valence-corrected chi connectivity index (χ1v) is 8.82. The summed E-state index contributed by atoms with van der Waals surface area (Å²) in [5.41, 5.74) is 1.10. The van der Waals surface area contributed by atoms with Crippen LogP contribution in [0, 0.1) is 0 Å². The zero-order valence-electron chi connectivity index (χ0n) is 14.9. The standard InChI is InChI=1S/C20H21ClN2O4/c1-23(12-11-19(25)26)18(24)13-17(14-7-3-2-4-8-14)22-20(27)15-9-5-6-10-16(15)21/h2-10,17H,11-13H2,1H3,(H,22,27)(H,25,26). The average Bonchev–Trinajstić information content (AvgIpc) is 2.66. The van der Waals surface area contributed by atoms with Crippen LogP contribution in [0.3, 0.4) is 0 Å². The topological polar surface area (TPSA) is 86.7 Å². The number of benzene rings is 2. The van der Waals surface area contributed by atoms with Crippen LogP contribution in [0.4, 0.5) is 0 Å². The fourth-order valence-electron chi connectivity index (χ4n) is 2.54. The molecule has 0 saturated carbocycles. The Morgan fingerprint density at radius 3 is 2.33 bits per heavy atom. The number of aliphatic carboxylic acids is 1. The summed E-state index contributed by atoms with van der Waals surface area (Å²) < 4.78 is 0. The van der Waals surface area contributed by atoms with Gasteiger partial charge < -0.3 is 15.3 Å². The van der Waals surface area contributed by atoms with E-state index in [2.05, 4.69) is 5.32 Å². The quantitative estimate of drug-likeness (QED) is 0.727. The number of amides is 2. The molecule has 2 aromatic rings. The monoisotopic (exact) mass is 388 g/mol. The molecule has 2 rings (SSSR count). The minimum Gasteiger partial charge on any atom is -0.481 e. The van der Waals surface area contributed by atoms with Crippen LogP contribution in [-0.2, 0) is 9.59 Å². The summed E-state index contributed by atoms with van der Waals surface area (Å²) in [6.07, 6.45) is -0.124. The number of rotatable bonds is 8. The van der Waals surface area contributed by atoms with Gasteiger partial charge in [0.2, 0.25) is 5.91 Å². The van der Waals surface area contributed by atoms with Crippen molar-refractivity contribution in [2.24, 2.45) is 0 Å². The van der Waals surface area contributed by atoms with Crippen molar-refractivity contribution in [2.75, 3.05) is 13.6 Å². The highest BCUT2D eigenvalue weighted by molar-refractivity contribution is 6.33. The van der Waals surface area contributed by atoms with E-state index in [4.69, 9.17) is 16.7 Å². The molecule has 0 bridgehead atoms. The van der Waals surface area contributed by atoms with E-state index >= 15 is 0 Å². The summed E-state index contributed by atoms with van der Waals surface area (Å²) in [5.74, 6) is -1.61. The Balaban J connectivity index is 2.15. The predicted octanol–water partition coefficient (Wildman–Crippen LogP) is 3.13. The molecule has 0 aliphatic carbocycles. The number of carboxylic acids is 1. The second kappa shape index (κ2) is 9.73. The highest BCUT2D eigenvalue weighted by Gasteiger charge is 2.22. The second-order valence-electron chi connectivity index (χ2n) is 6.08. The van der Waals surface area contributed by atoms with E-state index in [1.807, 2.05) is 30.3 Å². The van der Waals surface area contributed by atoms with E-state index in [-0.39, 0.29) is 31.2 Å². The van der Waals surface area contributed by atoms with Crippen LogP contribution < -0.4 is 5.32 Å². The van der Waals surface area contributed by atoms with Crippen LogP contribution in [0.1, 0.15) is 34.8 Å². The number of halogens is 1. The van der Waals surface area contributed by atoms with Crippen LogP contribution in [-0.4, -0.2) is 41.4 Å². The summed E-state index contributed by atoms with van der Waals surface area (Å²) in [4.78, 5) is 37.1. The third-order valence-electron chi connectivity index (χ3n) is 4.09. The Bertz CT molecular complexity index is 811. The van der Waals surface area contributed by atoms with Crippen molar-refractivity contribution >= 4 is 29.4 Å². The number of carbonyl (C=O) groups excluding carboxylic acids is 2. The van der Waals surface area contributed by atoms with Crippen molar-refractivity contribution in [3.63, 3.8) is 0 Å². The minimum absolute atomic E-state index is 0.0102. The fraction of sp³-hybridized carbons (Fsp3) is 0.250. The zero-order chi connectivity index (χ0) is 19.8. The first kappa shape index (κ1) is 20.5. The maximum Gasteiger partial charge on any atom is 0.305 e. The number of nitrogens with zero attached hydrogens (tertiary/aromatic N) is 1. The van der Waals surface area contributed by atoms with Gasteiger partial charge in [-0.1, -0.05) is 54.1 Å². The highest BCUT2D eigenvalue weighted by Crippen LogP contribution is 2.21. The molecule has 2 N–H and O–H groups in total. The Morgan fingerprint density at radius 1 is 1.07 bits per heavy atom. The molecule has 1 unspecified atom stereocenters. The van der Waals surface area contributed by atoms with E-state index in [1.54, 1.807) is 31.3 Å². The molecule has 0 aromatic heterocycles. The molecule has 2 aromatic carbocycles. The van der Waals surface area contributed by atoms with Gasteiger partial charge in [0.05, 0.1) is 29.5 Å². The molecule has 2 amide bonds. The highest BCUT2D eigenvalue weighted by atomic mass is 35.5. The van der Waals surface area contributed by atoms with Crippen molar-refractivity contribution in [3.8, 4) is 0 Å². The molecule has 0 heterocycles. The lowest BCUT2D eigenvalue weighted by Crippen LogP contribution is -2.35. The molecule has 0 aliphatic rings. The first-order chi connectivity index (χ1) is 12.9. The number of hydrogen-bond donors (Lipinski definition) is 2. The van der Waals surface area contributed by atoms with Gasteiger partial charge in [0.25, 0.3) is 5.91 Å². The molecule has 142 valence electrons. The van der Waals surface area contributed by atoms with E-state index in [9.17, 15) is 14.4 Å². The predicted molar refractivity (Wildman–Crippen MR) is 103 cm³/mol. The second-order valence-corrected chi connectivity index (χ2v) is 6.49. The molecule has 1 atom stereocenters. The average molecular weight is 389 g/mol. The third kappa shape index (κ3) is 6.11. The number of carboxylic acid groups (broad SMARTS) is 1. The van der Waals surface area contributed by atoms with Crippen molar-refractivity contribution < 1.29 is 19.5 Å². The molecular formula is C20H21ClN2O4. The molecule has 0 spiro atoms. The smallest absolute Gasteiger partial charge is 0.305 e. The van der Waals surface area contributed by atoms with Crippen LogP contribution in [0.2, 0.25) is 5.02 Å². The number of nitrogens with one attached hydrogen (secondary N) is 1. The van der Waals surface area contributed by atoms with Gasteiger partial charge in [-0.05, 0) is 17.7 Å². The summed E-state index contributed by atoms with van der Waals surface area (Å²) >= 11 is 6.08. The lowest BCUT2D eigenvalue weighted by molar-refractivity contribution is -0.138. The summed E-state index contributed by atoms with van der Waals surface area (Å²) in [5, 5.41) is 11.9. The molecule has 0 fully saturated rings. The van der Waals surface area contributed by atoms with Crippen LogP contribution in [0.5, 0.6) is 0 Å². The van der Waals surface area contributed by atoms with Gasteiger partial charge in [0, 0.05) is 13.6 Å². The van der Waals surface area contributed by atoms with E-state index in [0.29, 0.717) is 10.6 Å². The molecule has 0 radical (unpaired) electrons. The number of hydrogen-bond acceptors (Lipinski definition) is 3. The first-order valence-electron chi connectivity index (χ1n) is 8.44.